The van der Waals surface area contributed by atoms with Crippen LogP contribution in [0.3, 0.4) is 0 Å². The fourth-order valence-electron chi connectivity index (χ4n) is 4.91. The van der Waals surface area contributed by atoms with Gasteiger partial charge in [0, 0.05) is 31.2 Å². The minimum Gasteiger partial charge on any atom is -0.366 e. The summed E-state index contributed by atoms with van der Waals surface area (Å²) in [5, 5.41) is 19.4. The predicted molar refractivity (Wildman–Crippen MR) is 142 cm³/mol. The van der Waals surface area contributed by atoms with Gasteiger partial charge >= 0.3 is 0 Å². The Morgan fingerprint density at radius 3 is 2.71 bits per heavy atom. The number of aryl methyl sites for hydroxylation is 1. The van der Waals surface area contributed by atoms with E-state index in [0.717, 1.165) is 11.6 Å². The van der Waals surface area contributed by atoms with Crippen molar-refractivity contribution in [2.75, 3.05) is 24.5 Å². The molecule has 3 aromatic rings. The highest BCUT2D eigenvalue weighted by atomic mass is 35.5. The van der Waals surface area contributed by atoms with Crippen molar-refractivity contribution in [1.82, 2.24) is 19.4 Å². The summed E-state index contributed by atoms with van der Waals surface area (Å²) in [4.78, 5) is 38.4. The van der Waals surface area contributed by atoms with Crippen LogP contribution in [0.5, 0.6) is 0 Å². The number of pyridine rings is 3. The number of aromatic nitrogens is 3. The van der Waals surface area contributed by atoms with Crippen LogP contribution in [-0.4, -0.2) is 51.0 Å². The molecule has 1 atom stereocenters. The number of nitriles is 2. The van der Waals surface area contributed by atoms with Gasteiger partial charge < -0.3 is 9.80 Å². The maximum atomic E-state index is 14.9. The highest BCUT2D eigenvalue weighted by Gasteiger charge is 2.33. The summed E-state index contributed by atoms with van der Waals surface area (Å²) < 4.78 is 16.1. The number of halogens is 2. The third-order valence-electron chi connectivity index (χ3n) is 6.65. The van der Waals surface area contributed by atoms with Gasteiger partial charge in [-0.05, 0) is 36.6 Å². The van der Waals surface area contributed by atoms with E-state index in [1.54, 1.807) is 17.2 Å². The molecule has 0 N–H and O–H groups in total. The molecule has 1 aliphatic heterocycles. The molecule has 1 fully saturated rings. The van der Waals surface area contributed by atoms with Gasteiger partial charge in [-0.2, -0.15) is 10.5 Å². The third kappa shape index (κ3) is 4.48. The first kappa shape index (κ1) is 26.8. The second kappa shape index (κ2) is 10.6. The van der Waals surface area contributed by atoms with Crippen molar-refractivity contribution in [3.63, 3.8) is 0 Å². The molecule has 0 aliphatic carbocycles. The molecule has 38 heavy (non-hydrogen) atoms. The summed E-state index contributed by atoms with van der Waals surface area (Å²) in [5.74, 6) is -1.20. The Morgan fingerprint density at radius 1 is 1.34 bits per heavy atom. The van der Waals surface area contributed by atoms with Gasteiger partial charge in [0.2, 0.25) is 5.91 Å². The van der Waals surface area contributed by atoms with Crippen LogP contribution in [0.25, 0.3) is 16.7 Å². The number of carbonyl (C=O) groups is 1. The van der Waals surface area contributed by atoms with Gasteiger partial charge in [-0.15, -0.1) is 0 Å². The molecule has 4 heterocycles. The lowest BCUT2D eigenvalue weighted by molar-refractivity contribution is -0.128. The highest BCUT2D eigenvalue weighted by Crippen LogP contribution is 2.35. The molecule has 1 saturated heterocycles. The summed E-state index contributed by atoms with van der Waals surface area (Å²) in [6.45, 7) is 9.80. The van der Waals surface area contributed by atoms with Crippen LogP contribution in [0.15, 0.2) is 35.8 Å². The zero-order valence-electron chi connectivity index (χ0n) is 21.2. The van der Waals surface area contributed by atoms with Crippen LogP contribution < -0.4 is 10.5 Å². The summed E-state index contributed by atoms with van der Waals surface area (Å²) in [5.41, 5.74) is 1.19. The van der Waals surface area contributed by atoms with Gasteiger partial charge in [-0.25, -0.2) is 9.37 Å². The first-order valence-corrected chi connectivity index (χ1v) is 12.4. The highest BCUT2D eigenvalue weighted by molar-refractivity contribution is 6.30. The first-order valence-electron chi connectivity index (χ1n) is 12.0. The number of nitrogens with zero attached hydrogens (tertiary/aromatic N) is 7. The van der Waals surface area contributed by atoms with Crippen LogP contribution in [0.1, 0.15) is 43.0 Å². The monoisotopic (exact) mass is 533 g/mol. The van der Waals surface area contributed by atoms with E-state index in [4.69, 9.17) is 11.6 Å². The maximum Gasteiger partial charge on any atom is 0.276 e. The average molecular weight is 534 g/mol. The molecule has 0 saturated carbocycles. The molecular formula is C27H25ClFN7O2. The Hall–Kier alpha value is -4.28. The Kier molecular flexibility index (Phi) is 7.47. The van der Waals surface area contributed by atoms with Crippen LogP contribution in [0.4, 0.5) is 10.1 Å². The van der Waals surface area contributed by atoms with E-state index in [-0.39, 0.29) is 60.2 Å². The lowest BCUT2D eigenvalue weighted by Gasteiger charge is -2.41. The molecule has 194 valence electrons. The van der Waals surface area contributed by atoms with E-state index < -0.39 is 22.6 Å². The van der Waals surface area contributed by atoms with Crippen molar-refractivity contribution < 1.29 is 9.18 Å². The van der Waals surface area contributed by atoms with E-state index in [1.165, 1.54) is 15.5 Å². The van der Waals surface area contributed by atoms with Gasteiger partial charge in [0.1, 0.15) is 11.6 Å². The standard InChI is InChI=1S/C27H25ClFN7O2/c1-5-21(37)35-11-10-34(14-17(35)6-8-30)24-18-12-20(29)25(28)33-26(18)36(27(38)19(24)13-31)23-16(4)7-9-32-22(23)15(2)3/h5,7,9,12,15,17H,1,6,10-11,14H2,2-4H3. The van der Waals surface area contributed by atoms with Crippen molar-refractivity contribution in [1.29, 1.82) is 10.5 Å². The first-order chi connectivity index (χ1) is 18.1. The smallest absolute Gasteiger partial charge is 0.276 e. The van der Waals surface area contributed by atoms with Gasteiger partial charge in [-0.3, -0.25) is 19.1 Å². The fraction of sp³-hybridized carbons (Fsp3) is 0.333. The zero-order chi connectivity index (χ0) is 27.7. The molecule has 9 nitrogen and oxygen atoms in total. The molecule has 1 aliphatic rings. The number of hydrogen-bond acceptors (Lipinski definition) is 7. The second-order valence-electron chi connectivity index (χ2n) is 9.32. The van der Waals surface area contributed by atoms with E-state index >= 15 is 0 Å². The number of fused-ring (bicyclic) bond motifs is 1. The van der Waals surface area contributed by atoms with Crippen LogP contribution in [0.2, 0.25) is 5.15 Å². The Morgan fingerprint density at radius 2 is 2.08 bits per heavy atom. The van der Waals surface area contributed by atoms with Crippen molar-refractivity contribution in [2.45, 2.75) is 39.2 Å². The normalized spacial score (nSPS) is 15.4. The third-order valence-corrected chi connectivity index (χ3v) is 6.92. The van der Waals surface area contributed by atoms with Crippen LogP contribution >= 0.6 is 11.6 Å². The van der Waals surface area contributed by atoms with Crippen molar-refractivity contribution in [3.05, 3.63) is 69.1 Å². The van der Waals surface area contributed by atoms with Crippen molar-refractivity contribution >= 4 is 34.2 Å². The van der Waals surface area contributed by atoms with Gasteiger partial charge in [-0.1, -0.05) is 32.0 Å². The van der Waals surface area contributed by atoms with E-state index in [2.05, 4.69) is 22.6 Å². The predicted octanol–water partition coefficient (Wildman–Crippen LogP) is 3.99. The lowest BCUT2D eigenvalue weighted by atomic mass is 10.0. The maximum absolute atomic E-state index is 14.9. The topological polar surface area (TPSA) is 119 Å². The molecule has 3 aromatic heterocycles. The molecule has 11 heteroatoms. The van der Waals surface area contributed by atoms with Crippen molar-refractivity contribution in [3.8, 4) is 17.8 Å². The lowest BCUT2D eigenvalue weighted by Crippen LogP contribution is -2.55. The molecule has 4 rings (SSSR count). The summed E-state index contributed by atoms with van der Waals surface area (Å²) in [7, 11) is 0. The second-order valence-corrected chi connectivity index (χ2v) is 9.68. The average Bonchev–Trinajstić information content (AvgIpc) is 2.89. The Bertz CT molecular complexity index is 1600. The Labute approximate surface area is 224 Å². The van der Waals surface area contributed by atoms with E-state index in [0.29, 0.717) is 11.4 Å². The van der Waals surface area contributed by atoms with Crippen molar-refractivity contribution in [2.24, 2.45) is 0 Å². The quantitative estimate of drug-likeness (QED) is 0.359. The van der Waals surface area contributed by atoms with Crippen LogP contribution in [-0.2, 0) is 4.79 Å². The van der Waals surface area contributed by atoms with Gasteiger partial charge in [0.25, 0.3) is 5.56 Å². The largest absolute Gasteiger partial charge is 0.366 e. The van der Waals surface area contributed by atoms with Gasteiger partial charge in [0.05, 0.1) is 35.6 Å². The minimum absolute atomic E-state index is 0.0258. The minimum atomic E-state index is -0.810. The number of rotatable bonds is 5. The number of amides is 1. The van der Waals surface area contributed by atoms with Gasteiger partial charge in [0.15, 0.2) is 16.6 Å². The number of piperazine rings is 1. The number of hydrogen-bond donors (Lipinski definition) is 0. The number of anilines is 1. The fourth-order valence-corrected chi connectivity index (χ4v) is 5.05. The number of carbonyl (C=O) groups excluding carboxylic acids is 1. The van der Waals surface area contributed by atoms with E-state index in [1.807, 2.05) is 26.8 Å². The molecule has 0 aromatic carbocycles. The van der Waals surface area contributed by atoms with Crippen LogP contribution in [0, 0.1) is 35.4 Å². The zero-order valence-corrected chi connectivity index (χ0v) is 22.0. The molecule has 1 unspecified atom stereocenters. The van der Waals surface area contributed by atoms with E-state index in [9.17, 15) is 24.5 Å². The molecule has 0 radical (unpaired) electrons. The summed E-state index contributed by atoms with van der Waals surface area (Å²) in [6, 6.07) is 6.48. The molecule has 0 spiro atoms. The summed E-state index contributed by atoms with van der Waals surface area (Å²) >= 11 is 6.10. The SMILES string of the molecule is C=CC(=O)N1CCN(c2c(C#N)c(=O)n(-c3c(C)ccnc3C(C)C)c3nc(Cl)c(F)cc23)CC1CC#N. The summed E-state index contributed by atoms with van der Waals surface area (Å²) in [6.07, 6.45) is 2.85. The molecule has 1 amide bonds. The molecular weight excluding hydrogens is 509 g/mol. The molecule has 0 bridgehead atoms. The Balaban J connectivity index is 2.05.